The van der Waals surface area contributed by atoms with E-state index >= 15 is 0 Å². The number of thiophene rings is 1. The zero-order valence-corrected chi connectivity index (χ0v) is 27.3. The number of aromatic nitrogens is 5. The molecular formula is C43H29N5S. The second kappa shape index (κ2) is 12.5. The molecule has 0 spiro atoms. The molecule has 0 aliphatic heterocycles. The van der Waals surface area contributed by atoms with Crippen molar-refractivity contribution in [2.45, 2.75) is 12.3 Å². The van der Waals surface area contributed by atoms with Crippen LogP contribution >= 0.6 is 11.3 Å². The second-order valence-electron chi connectivity index (χ2n) is 12.0. The van der Waals surface area contributed by atoms with E-state index in [0.717, 1.165) is 51.5 Å². The summed E-state index contributed by atoms with van der Waals surface area (Å²) in [6.45, 7) is 0. The Kier molecular flexibility index (Phi) is 7.41. The Balaban J connectivity index is 1.18. The lowest BCUT2D eigenvalue weighted by molar-refractivity contribution is 0.870. The molecule has 0 N–H and O–H groups in total. The van der Waals surface area contributed by atoms with Gasteiger partial charge in [0.2, 0.25) is 0 Å². The summed E-state index contributed by atoms with van der Waals surface area (Å²) < 4.78 is 2.43. The average Bonchev–Trinajstić information content (AvgIpc) is 3.57. The molecule has 1 unspecified atom stereocenters. The lowest BCUT2D eigenvalue weighted by Crippen LogP contribution is -2.24. The Labute approximate surface area is 287 Å². The van der Waals surface area contributed by atoms with Crippen LogP contribution < -0.4 is 9.75 Å². The van der Waals surface area contributed by atoms with Crippen molar-refractivity contribution >= 4 is 33.6 Å². The third-order valence-corrected chi connectivity index (χ3v) is 10.1. The van der Waals surface area contributed by atoms with Gasteiger partial charge in [0.1, 0.15) is 0 Å². The Morgan fingerprint density at radius 1 is 0.490 bits per heavy atom. The summed E-state index contributed by atoms with van der Waals surface area (Å²) in [6, 6.07) is 49.5. The summed E-state index contributed by atoms with van der Waals surface area (Å²) in [4.78, 5) is 25.1. The van der Waals surface area contributed by atoms with E-state index in [0.29, 0.717) is 17.5 Å². The number of rotatable bonds is 6. The first-order chi connectivity index (χ1) is 24.3. The first kappa shape index (κ1) is 29.1. The fraction of sp³-hybridized carbons (Fsp3) is 0.0465. The number of nitrogens with zero attached hydrogens (tertiary/aromatic N) is 5. The van der Waals surface area contributed by atoms with Gasteiger partial charge in [0.15, 0.2) is 23.3 Å². The van der Waals surface area contributed by atoms with Gasteiger partial charge in [0, 0.05) is 48.4 Å². The second-order valence-corrected chi connectivity index (χ2v) is 13.1. The van der Waals surface area contributed by atoms with Crippen molar-refractivity contribution < 1.29 is 0 Å². The third kappa shape index (κ3) is 5.62. The molecule has 8 aromatic rings. The van der Waals surface area contributed by atoms with E-state index in [4.69, 9.17) is 24.9 Å². The maximum absolute atomic E-state index is 5.15. The molecule has 0 radical (unpaired) electrons. The molecule has 0 saturated heterocycles. The number of fused-ring (bicyclic) bond motifs is 3. The van der Waals surface area contributed by atoms with Gasteiger partial charge in [-0.15, -0.1) is 11.3 Å². The number of hydrogen-bond donors (Lipinski definition) is 0. The summed E-state index contributed by atoms with van der Waals surface area (Å²) in [7, 11) is 0. The topological polar surface area (TPSA) is 64.5 Å². The van der Waals surface area contributed by atoms with Crippen LogP contribution in [0.3, 0.4) is 0 Å². The lowest BCUT2D eigenvalue weighted by Gasteiger charge is -2.15. The fourth-order valence-electron chi connectivity index (χ4n) is 6.42. The largest absolute Gasteiger partial charge is 0.232 e. The lowest BCUT2D eigenvalue weighted by atomic mass is 9.94. The Morgan fingerprint density at radius 3 is 1.61 bits per heavy atom. The molecule has 0 fully saturated rings. The highest BCUT2D eigenvalue weighted by atomic mass is 32.1. The predicted octanol–water partition coefficient (Wildman–Crippen LogP) is 8.96. The first-order valence-corrected chi connectivity index (χ1v) is 17.2. The van der Waals surface area contributed by atoms with Crippen LogP contribution in [0.4, 0.5) is 0 Å². The molecule has 232 valence electrons. The molecule has 5 nitrogen and oxygen atoms in total. The van der Waals surface area contributed by atoms with E-state index < -0.39 is 0 Å². The van der Waals surface area contributed by atoms with Crippen molar-refractivity contribution in [3.63, 3.8) is 0 Å². The van der Waals surface area contributed by atoms with Crippen LogP contribution in [0.2, 0.25) is 0 Å². The van der Waals surface area contributed by atoms with Gasteiger partial charge in [0.05, 0.1) is 11.4 Å². The van der Waals surface area contributed by atoms with Crippen molar-refractivity contribution in [1.82, 2.24) is 24.9 Å². The zero-order chi connectivity index (χ0) is 32.6. The molecule has 0 amide bonds. The predicted molar refractivity (Wildman–Crippen MR) is 200 cm³/mol. The molecule has 6 heteroatoms. The smallest absolute Gasteiger partial charge is 0.165 e. The maximum Gasteiger partial charge on any atom is 0.165 e. The Morgan fingerprint density at radius 2 is 1.02 bits per heavy atom. The molecule has 0 bridgehead atoms. The van der Waals surface area contributed by atoms with Gasteiger partial charge in [-0.25, -0.2) is 24.9 Å². The molecule has 9 rings (SSSR count). The van der Waals surface area contributed by atoms with Gasteiger partial charge in [-0.05, 0) is 23.8 Å². The summed E-state index contributed by atoms with van der Waals surface area (Å²) in [5, 5.41) is 2.43. The highest BCUT2D eigenvalue weighted by Crippen LogP contribution is 2.33. The van der Waals surface area contributed by atoms with Crippen LogP contribution in [0.5, 0.6) is 0 Å². The molecule has 3 heterocycles. The van der Waals surface area contributed by atoms with Crippen molar-refractivity contribution in [3.05, 3.63) is 161 Å². The standard InChI is InChI=1S/C43H29N5S/c1-5-14-28(15-6-1)36-27-37(45-40(44-36)29-16-7-2-8-17-29)32-24-25-38-35(26-32)33-22-13-23-34(39(33)49-38)43-47-41(30-18-9-3-10-19-30)46-42(48-43)31-20-11-4-12-21-31/h1-23,25-27,32H,24H2. The Hall–Kier alpha value is -6.11. The van der Waals surface area contributed by atoms with Crippen LogP contribution in [0, 0.1) is 0 Å². The van der Waals surface area contributed by atoms with Gasteiger partial charge in [-0.2, -0.15) is 0 Å². The van der Waals surface area contributed by atoms with Crippen molar-refractivity contribution in [3.8, 4) is 56.8 Å². The zero-order valence-electron chi connectivity index (χ0n) is 26.4. The van der Waals surface area contributed by atoms with E-state index in [1.54, 1.807) is 11.3 Å². The quantitative estimate of drug-likeness (QED) is 0.180. The molecule has 1 aliphatic rings. The minimum Gasteiger partial charge on any atom is -0.232 e. The molecule has 3 aromatic heterocycles. The SMILES string of the molecule is C1=c2sc3c(-c4nc(-c5ccccc5)nc(-c5ccccc5)n4)cccc3c2=CC(c2cc(-c3ccccc3)nc(-c3ccccc3)n2)C1. The van der Waals surface area contributed by atoms with Crippen LogP contribution in [0.25, 0.3) is 79.0 Å². The number of benzene rings is 5. The van der Waals surface area contributed by atoms with Crippen molar-refractivity contribution in [1.29, 1.82) is 0 Å². The minimum atomic E-state index is 0.105. The van der Waals surface area contributed by atoms with E-state index in [-0.39, 0.29) is 5.92 Å². The van der Waals surface area contributed by atoms with Gasteiger partial charge < -0.3 is 0 Å². The minimum absolute atomic E-state index is 0.105. The van der Waals surface area contributed by atoms with E-state index in [9.17, 15) is 0 Å². The monoisotopic (exact) mass is 647 g/mol. The van der Waals surface area contributed by atoms with Crippen molar-refractivity contribution in [2.75, 3.05) is 0 Å². The molecule has 5 aromatic carbocycles. The summed E-state index contributed by atoms with van der Waals surface area (Å²) in [6.07, 6.45) is 5.61. The molecule has 49 heavy (non-hydrogen) atoms. The number of hydrogen-bond acceptors (Lipinski definition) is 6. The van der Waals surface area contributed by atoms with Crippen LogP contribution in [-0.2, 0) is 0 Å². The third-order valence-electron chi connectivity index (χ3n) is 8.88. The highest BCUT2D eigenvalue weighted by molar-refractivity contribution is 7.17. The fourth-order valence-corrected chi connectivity index (χ4v) is 7.67. The molecule has 0 saturated carbocycles. The summed E-state index contributed by atoms with van der Waals surface area (Å²) in [5.74, 6) is 2.84. The molecule has 1 atom stereocenters. The highest BCUT2D eigenvalue weighted by Gasteiger charge is 2.20. The summed E-state index contributed by atoms with van der Waals surface area (Å²) >= 11 is 1.80. The summed E-state index contributed by atoms with van der Waals surface area (Å²) in [5.41, 5.74) is 6.96. The maximum atomic E-state index is 5.15. The normalized spacial score (nSPS) is 13.8. The van der Waals surface area contributed by atoms with Crippen LogP contribution in [0.15, 0.2) is 146 Å². The average molecular weight is 648 g/mol. The van der Waals surface area contributed by atoms with Crippen LogP contribution in [0.1, 0.15) is 18.0 Å². The Bertz CT molecular complexity index is 2450. The van der Waals surface area contributed by atoms with Gasteiger partial charge in [-0.1, -0.05) is 146 Å². The molecule has 1 aliphatic carbocycles. The van der Waals surface area contributed by atoms with E-state index in [1.165, 1.54) is 19.8 Å². The van der Waals surface area contributed by atoms with Gasteiger partial charge in [-0.3, -0.25) is 0 Å². The van der Waals surface area contributed by atoms with Crippen molar-refractivity contribution in [2.24, 2.45) is 0 Å². The van der Waals surface area contributed by atoms with Gasteiger partial charge >= 0.3 is 0 Å². The van der Waals surface area contributed by atoms with E-state index in [2.05, 4.69) is 72.8 Å². The molecular weight excluding hydrogens is 619 g/mol. The van der Waals surface area contributed by atoms with Gasteiger partial charge in [0.25, 0.3) is 0 Å². The van der Waals surface area contributed by atoms with Crippen LogP contribution in [-0.4, -0.2) is 24.9 Å². The first-order valence-electron chi connectivity index (χ1n) is 16.4. The van der Waals surface area contributed by atoms with E-state index in [1.807, 2.05) is 84.9 Å².